The molecule has 0 bridgehead atoms. The third-order valence-corrected chi connectivity index (χ3v) is 4.38. The lowest BCUT2D eigenvalue weighted by Gasteiger charge is -2.16. The van der Waals surface area contributed by atoms with Crippen molar-refractivity contribution in [2.75, 3.05) is 5.32 Å². The number of hydrogen-bond acceptors (Lipinski definition) is 4. The number of carboxylic acid groups (broad SMARTS) is 1. The van der Waals surface area contributed by atoms with E-state index in [0.29, 0.717) is 15.8 Å². The highest BCUT2D eigenvalue weighted by atomic mass is 35.5. The number of aromatic nitrogens is 1. The van der Waals surface area contributed by atoms with Gasteiger partial charge in [0.25, 0.3) is 0 Å². The molecule has 1 atom stereocenters. The van der Waals surface area contributed by atoms with Crippen LogP contribution in [0.25, 0.3) is 0 Å². The van der Waals surface area contributed by atoms with Crippen LogP contribution >= 0.6 is 22.9 Å². The molecule has 0 radical (unpaired) electrons. The molecule has 0 saturated carbocycles. The molecule has 0 saturated heterocycles. The van der Waals surface area contributed by atoms with Crippen molar-refractivity contribution in [2.24, 2.45) is 0 Å². The molecule has 1 heterocycles. The summed E-state index contributed by atoms with van der Waals surface area (Å²) in [5.41, 5.74) is 0.618. The number of thiazole rings is 1. The number of carbonyl (C=O) groups is 1. The summed E-state index contributed by atoms with van der Waals surface area (Å²) in [6.45, 7) is 5.30. The van der Waals surface area contributed by atoms with Crippen LogP contribution in [0.3, 0.4) is 0 Å². The number of carboxylic acids is 1. The van der Waals surface area contributed by atoms with E-state index < -0.39 is 11.4 Å². The Balaban J connectivity index is 2.14. The van der Waals surface area contributed by atoms with E-state index in [1.54, 1.807) is 19.2 Å². The number of hydrogen-bond donors (Lipinski definition) is 2. The van der Waals surface area contributed by atoms with Gasteiger partial charge in [-0.3, -0.25) is 4.79 Å². The molecule has 0 spiro atoms. The lowest BCUT2D eigenvalue weighted by atomic mass is 9.90. The van der Waals surface area contributed by atoms with E-state index >= 15 is 0 Å². The van der Waals surface area contributed by atoms with Crippen molar-refractivity contribution in [1.29, 1.82) is 0 Å². The van der Waals surface area contributed by atoms with Crippen molar-refractivity contribution in [2.45, 2.75) is 32.2 Å². The Labute approximate surface area is 132 Å². The van der Waals surface area contributed by atoms with Gasteiger partial charge in [-0.15, -0.1) is 11.3 Å². The number of anilines is 1. The second-order valence-electron chi connectivity index (χ2n) is 5.39. The van der Waals surface area contributed by atoms with Crippen LogP contribution < -0.4 is 5.32 Å². The smallest absolute Gasteiger partial charge is 0.315 e. The molecule has 2 N–H and O–H groups in total. The van der Waals surface area contributed by atoms with E-state index in [-0.39, 0.29) is 6.04 Å². The highest BCUT2D eigenvalue weighted by Gasteiger charge is 2.32. The fourth-order valence-electron chi connectivity index (χ4n) is 1.78. The Morgan fingerprint density at radius 3 is 2.81 bits per heavy atom. The monoisotopic (exact) mass is 324 g/mol. The average Bonchev–Trinajstić information content (AvgIpc) is 2.87. The number of halogens is 1. The predicted octanol–water partition coefficient (Wildman–Crippen LogP) is 4.33. The van der Waals surface area contributed by atoms with Gasteiger partial charge >= 0.3 is 5.97 Å². The third kappa shape index (κ3) is 3.54. The molecule has 1 aromatic carbocycles. The summed E-state index contributed by atoms with van der Waals surface area (Å²) in [4.78, 5) is 15.6. The van der Waals surface area contributed by atoms with Crippen molar-refractivity contribution < 1.29 is 9.90 Å². The van der Waals surface area contributed by atoms with E-state index in [0.717, 1.165) is 5.56 Å². The van der Waals surface area contributed by atoms with Gasteiger partial charge < -0.3 is 10.4 Å². The van der Waals surface area contributed by atoms with Crippen molar-refractivity contribution in [3.05, 3.63) is 45.9 Å². The van der Waals surface area contributed by atoms with Gasteiger partial charge in [-0.05, 0) is 38.5 Å². The minimum Gasteiger partial charge on any atom is -0.481 e. The van der Waals surface area contributed by atoms with Crippen LogP contribution in [0.15, 0.2) is 29.6 Å². The normalized spacial score (nSPS) is 13.0. The topological polar surface area (TPSA) is 62.2 Å². The minimum absolute atomic E-state index is 0.0376. The van der Waals surface area contributed by atoms with Crippen molar-refractivity contribution in [3.8, 4) is 0 Å². The van der Waals surface area contributed by atoms with Crippen molar-refractivity contribution >= 4 is 34.0 Å². The zero-order valence-electron chi connectivity index (χ0n) is 12.1. The van der Waals surface area contributed by atoms with E-state index in [9.17, 15) is 9.90 Å². The summed E-state index contributed by atoms with van der Waals surface area (Å²) in [6.07, 6.45) is 0. The molecule has 2 rings (SSSR count). The fourth-order valence-corrected chi connectivity index (χ4v) is 2.95. The van der Waals surface area contributed by atoms with Crippen molar-refractivity contribution in [3.63, 3.8) is 0 Å². The maximum atomic E-state index is 11.2. The molecule has 4 nitrogen and oxygen atoms in total. The summed E-state index contributed by atoms with van der Waals surface area (Å²) >= 11 is 7.39. The van der Waals surface area contributed by atoms with Gasteiger partial charge in [0, 0.05) is 10.4 Å². The quantitative estimate of drug-likeness (QED) is 0.859. The molecule has 0 fully saturated rings. The van der Waals surface area contributed by atoms with Crippen LogP contribution in [-0.4, -0.2) is 16.1 Å². The molecule has 0 aliphatic rings. The van der Waals surface area contributed by atoms with Crippen LogP contribution in [-0.2, 0) is 10.2 Å². The molecule has 0 aliphatic heterocycles. The maximum absolute atomic E-state index is 11.2. The SMILES string of the molecule is CC(Nc1nc(C(C)(C)C(=O)O)cs1)c1cccc(Cl)c1. The molecule has 0 amide bonds. The zero-order chi connectivity index (χ0) is 15.6. The lowest BCUT2D eigenvalue weighted by molar-refractivity contribution is -0.142. The van der Waals surface area contributed by atoms with Crippen LogP contribution in [0.5, 0.6) is 0 Å². The summed E-state index contributed by atoms with van der Waals surface area (Å²) in [5, 5.41) is 15.7. The van der Waals surface area contributed by atoms with Crippen molar-refractivity contribution in [1.82, 2.24) is 4.98 Å². The second kappa shape index (κ2) is 6.03. The van der Waals surface area contributed by atoms with Gasteiger partial charge in [0.15, 0.2) is 5.13 Å². The largest absolute Gasteiger partial charge is 0.481 e. The van der Waals surface area contributed by atoms with Crippen LogP contribution in [0.4, 0.5) is 5.13 Å². The first-order chi connectivity index (χ1) is 9.80. The third-order valence-electron chi connectivity index (χ3n) is 3.37. The number of nitrogens with one attached hydrogen (secondary N) is 1. The first-order valence-corrected chi connectivity index (χ1v) is 7.78. The Bertz CT molecular complexity index is 655. The number of benzene rings is 1. The van der Waals surface area contributed by atoms with E-state index in [1.807, 2.05) is 31.2 Å². The molecule has 1 unspecified atom stereocenters. The Hall–Kier alpha value is -1.59. The van der Waals surface area contributed by atoms with Crippen LogP contribution in [0, 0.1) is 0 Å². The highest BCUT2D eigenvalue weighted by Crippen LogP contribution is 2.29. The Morgan fingerprint density at radius 2 is 2.19 bits per heavy atom. The van der Waals surface area contributed by atoms with Crippen LogP contribution in [0.2, 0.25) is 5.02 Å². The summed E-state index contributed by atoms with van der Waals surface area (Å²) in [5.74, 6) is -0.887. The molecular weight excluding hydrogens is 308 g/mol. The minimum atomic E-state index is -0.990. The molecular formula is C15H17ClN2O2S. The first kappa shape index (κ1) is 15.8. The zero-order valence-corrected chi connectivity index (χ0v) is 13.6. The summed E-state index contributed by atoms with van der Waals surface area (Å²) in [6, 6.07) is 7.65. The van der Waals surface area contributed by atoms with Gasteiger partial charge in [-0.1, -0.05) is 23.7 Å². The van der Waals surface area contributed by atoms with Gasteiger partial charge in [-0.25, -0.2) is 4.98 Å². The summed E-state index contributed by atoms with van der Waals surface area (Å²) in [7, 11) is 0. The van der Waals surface area contributed by atoms with E-state index in [4.69, 9.17) is 11.6 Å². The maximum Gasteiger partial charge on any atom is 0.315 e. The second-order valence-corrected chi connectivity index (χ2v) is 6.68. The fraction of sp³-hybridized carbons (Fsp3) is 0.333. The lowest BCUT2D eigenvalue weighted by Crippen LogP contribution is -2.28. The van der Waals surface area contributed by atoms with Gasteiger partial charge in [0.2, 0.25) is 0 Å². The Kier molecular flexibility index (Phi) is 4.54. The molecule has 1 aromatic heterocycles. The average molecular weight is 325 g/mol. The molecule has 21 heavy (non-hydrogen) atoms. The summed E-state index contributed by atoms with van der Waals surface area (Å²) < 4.78 is 0. The van der Waals surface area contributed by atoms with Gasteiger partial charge in [0.05, 0.1) is 11.7 Å². The predicted molar refractivity (Wildman–Crippen MR) is 86.3 cm³/mol. The molecule has 0 aliphatic carbocycles. The van der Waals surface area contributed by atoms with Crippen LogP contribution in [0.1, 0.15) is 38.1 Å². The van der Waals surface area contributed by atoms with Gasteiger partial charge in [0.1, 0.15) is 5.41 Å². The van der Waals surface area contributed by atoms with Gasteiger partial charge in [-0.2, -0.15) is 0 Å². The molecule has 2 aromatic rings. The Morgan fingerprint density at radius 1 is 1.48 bits per heavy atom. The van der Waals surface area contributed by atoms with E-state index in [2.05, 4.69) is 10.3 Å². The molecule has 6 heteroatoms. The number of rotatable bonds is 5. The molecule has 112 valence electrons. The number of nitrogens with zero attached hydrogens (tertiary/aromatic N) is 1. The number of aliphatic carboxylic acids is 1. The van der Waals surface area contributed by atoms with E-state index in [1.165, 1.54) is 11.3 Å². The highest BCUT2D eigenvalue weighted by molar-refractivity contribution is 7.13. The standard InChI is InChI=1S/C15H17ClN2O2S/c1-9(10-5-4-6-11(16)7-10)17-14-18-12(8-21-14)15(2,3)13(19)20/h4-9H,1-3H3,(H,17,18)(H,19,20). The first-order valence-electron chi connectivity index (χ1n) is 6.52.